The normalized spacial score (nSPS) is 17.1. The van der Waals surface area contributed by atoms with Crippen molar-refractivity contribution in [2.75, 3.05) is 72.2 Å². The highest BCUT2D eigenvalue weighted by Gasteiger charge is 2.23. The number of carbonyl (C=O) groups excluding carboxylic acids is 3. The number of rotatable bonds is 8. The van der Waals surface area contributed by atoms with Crippen molar-refractivity contribution in [1.82, 2.24) is 14.7 Å². The second-order valence-electron chi connectivity index (χ2n) is 8.53. The minimum absolute atomic E-state index is 0.163. The van der Waals surface area contributed by atoms with Gasteiger partial charge in [-0.3, -0.25) is 14.6 Å². The first-order valence-electron chi connectivity index (χ1n) is 11.9. The van der Waals surface area contributed by atoms with Gasteiger partial charge in [0.15, 0.2) is 0 Å². The second-order valence-corrected chi connectivity index (χ2v) is 8.53. The molecule has 0 saturated carbocycles. The molecule has 0 atom stereocenters. The second kappa shape index (κ2) is 12.4. The average molecular weight is 482 g/mol. The van der Waals surface area contributed by atoms with E-state index in [-0.39, 0.29) is 12.5 Å². The van der Waals surface area contributed by atoms with Gasteiger partial charge in [-0.05, 0) is 36.4 Å². The third kappa shape index (κ3) is 7.35. The SMILES string of the molecule is O=C(OCCN1CCN(CC(=O)N2CCOCC2)CC1)c1ccc(OC(=O)c2ccccc2)cc1. The van der Waals surface area contributed by atoms with Gasteiger partial charge in [-0.2, -0.15) is 0 Å². The molecule has 0 aliphatic carbocycles. The van der Waals surface area contributed by atoms with Crippen LogP contribution in [-0.4, -0.2) is 105 Å². The Morgan fingerprint density at radius 2 is 1.37 bits per heavy atom. The van der Waals surface area contributed by atoms with Gasteiger partial charge in [-0.25, -0.2) is 9.59 Å². The average Bonchev–Trinajstić information content (AvgIpc) is 2.91. The maximum absolute atomic E-state index is 12.4. The lowest BCUT2D eigenvalue weighted by molar-refractivity contribution is -0.136. The number of benzene rings is 2. The molecule has 0 aromatic heterocycles. The molecule has 0 bridgehead atoms. The number of carbonyl (C=O) groups is 3. The molecule has 2 heterocycles. The van der Waals surface area contributed by atoms with Crippen molar-refractivity contribution < 1.29 is 28.6 Å². The molecule has 0 radical (unpaired) electrons. The van der Waals surface area contributed by atoms with E-state index in [1.807, 2.05) is 11.0 Å². The first-order valence-corrected chi connectivity index (χ1v) is 11.9. The lowest BCUT2D eigenvalue weighted by atomic mass is 10.2. The number of morpholine rings is 1. The van der Waals surface area contributed by atoms with Crippen LogP contribution in [0.15, 0.2) is 54.6 Å². The third-order valence-corrected chi connectivity index (χ3v) is 6.14. The Kier molecular flexibility index (Phi) is 8.83. The maximum Gasteiger partial charge on any atom is 0.343 e. The van der Waals surface area contributed by atoms with Crippen LogP contribution in [0.2, 0.25) is 0 Å². The van der Waals surface area contributed by atoms with E-state index in [2.05, 4.69) is 9.80 Å². The van der Waals surface area contributed by atoms with Crippen LogP contribution in [0, 0.1) is 0 Å². The van der Waals surface area contributed by atoms with Crippen molar-refractivity contribution in [2.45, 2.75) is 0 Å². The summed E-state index contributed by atoms with van der Waals surface area (Å²) >= 11 is 0. The van der Waals surface area contributed by atoms with Crippen LogP contribution in [0.1, 0.15) is 20.7 Å². The van der Waals surface area contributed by atoms with E-state index in [0.29, 0.717) is 56.3 Å². The summed E-state index contributed by atoms with van der Waals surface area (Å²) in [4.78, 5) is 43.2. The number of amides is 1. The van der Waals surface area contributed by atoms with Gasteiger partial charge in [0, 0.05) is 45.8 Å². The van der Waals surface area contributed by atoms with Crippen molar-refractivity contribution >= 4 is 17.8 Å². The van der Waals surface area contributed by atoms with Crippen molar-refractivity contribution in [1.29, 1.82) is 0 Å². The summed E-state index contributed by atoms with van der Waals surface area (Å²) in [5, 5.41) is 0. The molecule has 0 unspecified atom stereocenters. The number of esters is 2. The minimum Gasteiger partial charge on any atom is -0.461 e. The van der Waals surface area contributed by atoms with Gasteiger partial charge in [0.1, 0.15) is 12.4 Å². The van der Waals surface area contributed by atoms with Crippen LogP contribution in [-0.2, 0) is 14.3 Å². The summed E-state index contributed by atoms with van der Waals surface area (Å²) < 4.78 is 16.1. The van der Waals surface area contributed by atoms with E-state index in [1.54, 1.807) is 48.5 Å². The molecule has 2 fully saturated rings. The van der Waals surface area contributed by atoms with Crippen LogP contribution >= 0.6 is 0 Å². The summed E-state index contributed by atoms with van der Waals surface area (Å²) in [7, 11) is 0. The predicted octanol–water partition coefficient (Wildman–Crippen LogP) is 1.54. The molecule has 9 heteroatoms. The summed E-state index contributed by atoms with van der Waals surface area (Å²) in [5.41, 5.74) is 0.858. The first-order chi connectivity index (χ1) is 17.1. The Labute approximate surface area is 205 Å². The fourth-order valence-corrected chi connectivity index (χ4v) is 4.03. The monoisotopic (exact) mass is 481 g/mol. The van der Waals surface area contributed by atoms with Gasteiger partial charge in [0.2, 0.25) is 5.91 Å². The molecule has 0 N–H and O–H groups in total. The van der Waals surface area contributed by atoms with Crippen LogP contribution in [0.4, 0.5) is 0 Å². The van der Waals surface area contributed by atoms with E-state index >= 15 is 0 Å². The predicted molar refractivity (Wildman–Crippen MR) is 128 cm³/mol. The number of hydrogen-bond acceptors (Lipinski definition) is 8. The van der Waals surface area contributed by atoms with Crippen LogP contribution in [0.3, 0.4) is 0 Å². The fraction of sp³-hybridized carbons (Fsp3) is 0.423. The molecule has 1 amide bonds. The lowest BCUT2D eigenvalue weighted by Crippen LogP contribution is -2.52. The van der Waals surface area contributed by atoms with E-state index in [9.17, 15) is 14.4 Å². The highest BCUT2D eigenvalue weighted by Crippen LogP contribution is 2.15. The number of nitrogens with zero attached hydrogens (tertiary/aromatic N) is 3. The molecule has 4 rings (SSSR count). The smallest absolute Gasteiger partial charge is 0.343 e. The number of ether oxygens (including phenoxy) is 3. The highest BCUT2D eigenvalue weighted by molar-refractivity contribution is 5.92. The number of piperazine rings is 1. The summed E-state index contributed by atoms with van der Waals surface area (Å²) in [5.74, 6) is -0.343. The van der Waals surface area contributed by atoms with E-state index in [0.717, 1.165) is 26.2 Å². The zero-order valence-corrected chi connectivity index (χ0v) is 19.8. The highest BCUT2D eigenvalue weighted by atomic mass is 16.5. The largest absolute Gasteiger partial charge is 0.461 e. The Morgan fingerprint density at radius 3 is 2.06 bits per heavy atom. The van der Waals surface area contributed by atoms with Gasteiger partial charge in [0.25, 0.3) is 0 Å². The first kappa shape index (κ1) is 24.8. The fourth-order valence-electron chi connectivity index (χ4n) is 4.03. The minimum atomic E-state index is -0.452. The maximum atomic E-state index is 12.4. The molecule has 2 aliphatic rings. The van der Waals surface area contributed by atoms with Gasteiger partial charge < -0.3 is 19.1 Å². The van der Waals surface area contributed by atoms with Gasteiger partial charge in [-0.15, -0.1) is 0 Å². The van der Waals surface area contributed by atoms with Crippen LogP contribution < -0.4 is 4.74 Å². The molecule has 0 spiro atoms. The summed E-state index contributed by atoms with van der Waals surface area (Å²) in [6.07, 6.45) is 0. The standard InChI is InChI=1S/C26H31N3O6/c30-24(29-15-17-33-18-16-29)20-28-12-10-27(11-13-28)14-19-34-25(31)22-6-8-23(9-7-22)35-26(32)21-4-2-1-3-5-21/h1-9H,10-20H2. The van der Waals surface area contributed by atoms with Crippen molar-refractivity contribution in [2.24, 2.45) is 0 Å². The van der Waals surface area contributed by atoms with Crippen molar-refractivity contribution in [3.05, 3.63) is 65.7 Å². The van der Waals surface area contributed by atoms with Gasteiger partial charge >= 0.3 is 11.9 Å². The Morgan fingerprint density at radius 1 is 0.743 bits per heavy atom. The molecule has 35 heavy (non-hydrogen) atoms. The molecule has 2 saturated heterocycles. The van der Waals surface area contributed by atoms with Crippen LogP contribution in [0.5, 0.6) is 5.75 Å². The third-order valence-electron chi connectivity index (χ3n) is 6.14. The van der Waals surface area contributed by atoms with Gasteiger partial charge in [-0.1, -0.05) is 18.2 Å². The molecule has 2 aromatic rings. The lowest BCUT2D eigenvalue weighted by Gasteiger charge is -2.35. The van der Waals surface area contributed by atoms with Crippen molar-refractivity contribution in [3.8, 4) is 5.75 Å². The molecule has 9 nitrogen and oxygen atoms in total. The molecule has 186 valence electrons. The van der Waals surface area contributed by atoms with Gasteiger partial charge in [0.05, 0.1) is 30.9 Å². The zero-order chi connectivity index (χ0) is 24.5. The summed E-state index contributed by atoms with van der Waals surface area (Å²) in [6.45, 7) is 7.23. The molecular weight excluding hydrogens is 450 g/mol. The number of hydrogen-bond donors (Lipinski definition) is 0. The topological polar surface area (TPSA) is 88.6 Å². The Bertz CT molecular complexity index is 984. The summed E-state index contributed by atoms with van der Waals surface area (Å²) in [6, 6.07) is 15.0. The van der Waals surface area contributed by atoms with Crippen LogP contribution in [0.25, 0.3) is 0 Å². The molecular formula is C26H31N3O6. The Balaban J connectivity index is 1.13. The molecule has 2 aromatic carbocycles. The zero-order valence-electron chi connectivity index (χ0n) is 19.8. The molecule has 2 aliphatic heterocycles. The van der Waals surface area contributed by atoms with E-state index < -0.39 is 11.9 Å². The quantitative estimate of drug-likeness (QED) is 0.415. The Hall–Kier alpha value is -3.27. The van der Waals surface area contributed by atoms with E-state index in [4.69, 9.17) is 14.2 Å². The van der Waals surface area contributed by atoms with Crippen molar-refractivity contribution in [3.63, 3.8) is 0 Å². The van der Waals surface area contributed by atoms with E-state index in [1.165, 1.54) is 0 Å².